The third kappa shape index (κ3) is 4.28. The summed E-state index contributed by atoms with van der Waals surface area (Å²) in [6.45, 7) is 0.780. The molecule has 0 radical (unpaired) electrons. The Morgan fingerprint density at radius 1 is 1.14 bits per heavy atom. The summed E-state index contributed by atoms with van der Waals surface area (Å²) in [5.41, 5.74) is 0.780. The molecular formula is C21H19ClN2O4. The molecule has 7 heteroatoms. The average Bonchev–Trinajstić information content (AvgIpc) is 3.19. The minimum atomic E-state index is -0.215. The zero-order valence-corrected chi connectivity index (χ0v) is 15.8. The quantitative estimate of drug-likeness (QED) is 0.682. The van der Waals surface area contributed by atoms with Crippen LogP contribution in [0.3, 0.4) is 0 Å². The molecule has 144 valence electrons. The normalized spacial score (nSPS) is 15.2. The number of benzene rings is 2. The molecule has 0 fully saturated rings. The van der Waals surface area contributed by atoms with Gasteiger partial charge in [0.05, 0.1) is 17.8 Å². The van der Waals surface area contributed by atoms with Crippen LogP contribution in [-0.2, 0) is 11.2 Å². The number of aryl methyl sites for hydroxylation is 1. The van der Waals surface area contributed by atoms with Crippen molar-refractivity contribution >= 4 is 17.5 Å². The average molecular weight is 399 g/mol. The number of nitrogens with zero attached hydrogens (tertiary/aromatic N) is 1. The Kier molecular flexibility index (Phi) is 5.48. The Morgan fingerprint density at radius 2 is 1.93 bits per heavy atom. The van der Waals surface area contributed by atoms with Crippen molar-refractivity contribution in [3.05, 3.63) is 65.6 Å². The van der Waals surface area contributed by atoms with Gasteiger partial charge in [-0.05, 0) is 24.3 Å². The van der Waals surface area contributed by atoms with Crippen LogP contribution in [0, 0.1) is 0 Å². The molecule has 2 aromatic carbocycles. The Balaban J connectivity index is 1.25. The molecule has 1 atom stereocenters. The van der Waals surface area contributed by atoms with Gasteiger partial charge >= 0.3 is 0 Å². The number of carbonyl (C=O) groups excluding carboxylic acids is 1. The van der Waals surface area contributed by atoms with E-state index in [1.807, 2.05) is 42.5 Å². The molecule has 1 aliphatic heterocycles. The maximum absolute atomic E-state index is 12.1. The molecule has 1 amide bonds. The van der Waals surface area contributed by atoms with E-state index in [2.05, 4.69) is 10.3 Å². The summed E-state index contributed by atoms with van der Waals surface area (Å²) in [7, 11) is 0. The molecule has 0 spiro atoms. The summed E-state index contributed by atoms with van der Waals surface area (Å²) in [6.07, 6.45) is 2.08. The molecule has 0 saturated heterocycles. The fourth-order valence-corrected chi connectivity index (χ4v) is 3.14. The number of nitrogens with one attached hydrogen (secondary N) is 1. The molecule has 1 aliphatic rings. The monoisotopic (exact) mass is 398 g/mol. The summed E-state index contributed by atoms with van der Waals surface area (Å²) < 4.78 is 17.2. The zero-order valence-electron chi connectivity index (χ0n) is 15.1. The molecule has 1 unspecified atom stereocenters. The van der Waals surface area contributed by atoms with Crippen LogP contribution in [0.5, 0.6) is 11.5 Å². The van der Waals surface area contributed by atoms with Gasteiger partial charge in [-0.15, -0.1) is 0 Å². The largest absolute Gasteiger partial charge is 0.486 e. The number of rotatable bonds is 6. The van der Waals surface area contributed by atoms with E-state index < -0.39 is 0 Å². The SMILES string of the molecule is O=C(CCc1ncc(-c2ccccc2Cl)o1)NCC1COc2ccccc2O1. The van der Waals surface area contributed by atoms with Crippen molar-refractivity contribution in [2.45, 2.75) is 18.9 Å². The van der Waals surface area contributed by atoms with Crippen LogP contribution >= 0.6 is 11.6 Å². The first-order valence-corrected chi connectivity index (χ1v) is 9.41. The summed E-state index contributed by atoms with van der Waals surface area (Å²) in [5.74, 6) is 2.41. The summed E-state index contributed by atoms with van der Waals surface area (Å²) in [5, 5.41) is 3.46. The topological polar surface area (TPSA) is 73.6 Å². The van der Waals surface area contributed by atoms with Crippen LogP contribution in [0.1, 0.15) is 12.3 Å². The minimum Gasteiger partial charge on any atom is -0.486 e. The fraction of sp³-hybridized carbons (Fsp3) is 0.238. The first-order chi connectivity index (χ1) is 13.7. The second-order valence-corrected chi connectivity index (χ2v) is 6.81. The summed E-state index contributed by atoms with van der Waals surface area (Å²) in [6, 6.07) is 14.9. The second kappa shape index (κ2) is 8.35. The number of hydrogen-bond acceptors (Lipinski definition) is 5. The number of hydrogen-bond donors (Lipinski definition) is 1. The molecule has 6 nitrogen and oxygen atoms in total. The van der Waals surface area contributed by atoms with Crippen LogP contribution in [0.25, 0.3) is 11.3 Å². The van der Waals surface area contributed by atoms with Gasteiger partial charge in [0.15, 0.2) is 23.1 Å². The van der Waals surface area contributed by atoms with Gasteiger partial charge in [-0.25, -0.2) is 4.98 Å². The minimum absolute atomic E-state index is 0.0973. The number of ether oxygens (including phenoxy) is 2. The van der Waals surface area contributed by atoms with Gasteiger partial charge in [0.2, 0.25) is 5.91 Å². The van der Waals surface area contributed by atoms with Gasteiger partial charge in [0.25, 0.3) is 0 Å². The zero-order chi connectivity index (χ0) is 19.3. The Morgan fingerprint density at radius 3 is 2.79 bits per heavy atom. The highest BCUT2D eigenvalue weighted by atomic mass is 35.5. The number of aromatic nitrogens is 1. The Labute approximate surface area is 167 Å². The lowest BCUT2D eigenvalue weighted by molar-refractivity contribution is -0.121. The van der Waals surface area contributed by atoms with Gasteiger partial charge < -0.3 is 19.2 Å². The molecule has 1 N–H and O–H groups in total. The van der Waals surface area contributed by atoms with Crippen LogP contribution in [0.2, 0.25) is 5.02 Å². The smallest absolute Gasteiger partial charge is 0.220 e. The highest BCUT2D eigenvalue weighted by molar-refractivity contribution is 6.33. The number of fused-ring (bicyclic) bond motifs is 1. The van der Waals surface area contributed by atoms with Crippen LogP contribution < -0.4 is 14.8 Å². The molecule has 0 saturated carbocycles. The van der Waals surface area contributed by atoms with E-state index in [4.69, 9.17) is 25.5 Å². The molecule has 0 aliphatic carbocycles. The van der Waals surface area contributed by atoms with E-state index in [1.54, 1.807) is 12.3 Å². The van der Waals surface area contributed by atoms with Crippen molar-refractivity contribution in [3.8, 4) is 22.8 Å². The van der Waals surface area contributed by atoms with Crippen molar-refractivity contribution in [1.29, 1.82) is 0 Å². The van der Waals surface area contributed by atoms with Gasteiger partial charge in [-0.3, -0.25) is 4.79 Å². The third-order valence-corrected chi connectivity index (χ3v) is 4.68. The van der Waals surface area contributed by atoms with Gasteiger partial charge in [0, 0.05) is 18.4 Å². The van der Waals surface area contributed by atoms with E-state index in [0.29, 0.717) is 42.0 Å². The maximum atomic E-state index is 12.1. The van der Waals surface area contributed by atoms with E-state index in [9.17, 15) is 4.79 Å². The maximum Gasteiger partial charge on any atom is 0.220 e. The predicted octanol–water partition coefficient (Wildman–Crippen LogP) is 3.88. The predicted molar refractivity (Wildman–Crippen MR) is 105 cm³/mol. The van der Waals surface area contributed by atoms with Crippen molar-refractivity contribution < 1.29 is 18.7 Å². The van der Waals surface area contributed by atoms with Crippen molar-refractivity contribution in [2.75, 3.05) is 13.2 Å². The molecule has 28 heavy (non-hydrogen) atoms. The molecule has 1 aromatic heterocycles. The van der Waals surface area contributed by atoms with Crippen molar-refractivity contribution in [2.24, 2.45) is 0 Å². The lowest BCUT2D eigenvalue weighted by Crippen LogP contribution is -2.40. The van der Waals surface area contributed by atoms with Gasteiger partial charge in [-0.2, -0.15) is 0 Å². The summed E-state index contributed by atoms with van der Waals surface area (Å²) >= 11 is 6.17. The number of amides is 1. The van der Waals surface area contributed by atoms with E-state index in [0.717, 1.165) is 11.3 Å². The number of oxazole rings is 1. The molecular weight excluding hydrogens is 380 g/mol. The lowest BCUT2D eigenvalue weighted by Gasteiger charge is -2.26. The number of halogens is 1. The highest BCUT2D eigenvalue weighted by Gasteiger charge is 2.21. The highest BCUT2D eigenvalue weighted by Crippen LogP contribution is 2.31. The van der Waals surface area contributed by atoms with E-state index >= 15 is 0 Å². The van der Waals surface area contributed by atoms with E-state index in [1.165, 1.54) is 0 Å². The second-order valence-electron chi connectivity index (χ2n) is 6.40. The Hall–Kier alpha value is -2.99. The van der Waals surface area contributed by atoms with Gasteiger partial charge in [-0.1, -0.05) is 35.9 Å². The molecule has 4 rings (SSSR count). The van der Waals surface area contributed by atoms with Crippen LogP contribution in [-0.4, -0.2) is 30.1 Å². The Bertz CT molecular complexity index is 972. The van der Waals surface area contributed by atoms with Crippen LogP contribution in [0.15, 0.2) is 59.1 Å². The van der Waals surface area contributed by atoms with Crippen molar-refractivity contribution in [3.63, 3.8) is 0 Å². The lowest BCUT2D eigenvalue weighted by atomic mass is 10.2. The molecule has 0 bridgehead atoms. The van der Waals surface area contributed by atoms with Crippen molar-refractivity contribution in [1.82, 2.24) is 10.3 Å². The third-order valence-electron chi connectivity index (χ3n) is 4.35. The number of para-hydroxylation sites is 2. The first-order valence-electron chi connectivity index (χ1n) is 9.04. The molecule has 3 aromatic rings. The standard InChI is InChI=1S/C21H19ClN2O4/c22-16-6-2-1-5-15(16)19-12-24-21(28-19)10-9-20(25)23-11-14-13-26-17-7-3-4-8-18(17)27-14/h1-8,12,14H,9-11,13H2,(H,23,25). The number of carbonyl (C=O) groups is 1. The van der Waals surface area contributed by atoms with E-state index in [-0.39, 0.29) is 18.4 Å². The van der Waals surface area contributed by atoms with Crippen LogP contribution in [0.4, 0.5) is 0 Å². The van der Waals surface area contributed by atoms with Gasteiger partial charge in [0.1, 0.15) is 12.7 Å². The molecule has 2 heterocycles. The fourth-order valence-electron chi connectivity index (χ4n) is 2.91. The summed E-state index contributed by atoms with van der Waals surface area (Å²) in [4.78, 5) is 16.4. The first kappa shape index (κ1) is 18.4.